The Morgan fingerprint density at radius 2 is 1.50 bits per heavy atom. The first kappa shape index (κ1) is 20.7. The van der Waals surface area contributed by atoms with Crippen LogP contribution < -0.4 is 0 Å². The SMILES string of the molecule is CCCCC[Si@H]1CC[C@H](c2ccc(C#Cc3cc(F)c(F)c(F)c3)cc2)CC1. The van der Waals surface area contributed by atoms with Gasteiger partial charge in [-0.1, -0.05) is 68.3 Å². The van der Waals surface area contributed by atoms with Crippen LogP contribution in [0, 0.1) is 29.3 Å². The molecule has 4 heteroatoms. The Bertz CT molecular complexity index is 817. The maximum absolute atomic E-state index is 13.3. The summed E-state index contributed by atoms with van der Waals surface area (Å²) in [6, 6.07) is 14.4. The lowest BCUT2D eigenvalue weighted by atomic mass is 9.93. The molecule has 1 saturated heterocycles. The topological polar surface area (TPSA) is 0 Å². The van der Waals surface area contributed by atoms with E-state index in [1.807, 2.05) is 12.1 Å². The van der Waals surface area contributed by atoms with Crippen LogP contribution >= 0.6 is 0 Å². The van der Waals surface area contributed by atoms with Crippen molar-refractivity contribution in [1.82, 2.24) is 0 Å². The van der Waals surface area contributed by atoms with Crippen LogP contribution in [0.5, 0.6) is 0 Å². The molecule has 3 rings (SSSR count). The average Bonchev–Trinajstić information content (AvgIpc) is 2.71. The second kappa shape index (κ2) is 9.98. The minimum atomic E-state index is -1.46. The van der Waals surface area contributed by atoms with E-state index < -0.39 is 26.2 Å². The fourth-order valence-corrected chi connectivity index (χ4v) is 7.56. The highest BCUT2D eigenvalue weighted by Gasteiger charge is 2.22. The summed E-state index contributed by atoms with van der Waals surface area (Å²) >= 11 is 0. The third-order valence-electron chi connectivity index (χ3n) is 5.78. The fourth-order valence-electron chi connectivity index (χ4n) is 4.08. The van der Waals surface area contributed by atoms with Crippen LogP contribution in [0.1, 0.15) is 61.6 Å². The van der Waals surface area contributed by atoms with Gasteiger partial charge in [-0.2, -0.15) is 0 Å². The molecule has 0 radical (unpaired) electrons. The van der Waals surface area contributed by atoms with Crippen molar-refractivity contribution in [2.45, 2.75) is 63.1 Å². The van der Waals surface area contributed by atoms with Crippen molar-refractivity contribution in [2.75, 3.05) is 0 Å². The van der Waals surface area contributed by atoms with Crippen molar-refractivity contribution in [3.63, 3.8) is 0 Å². The molecule has 0 unspecified atom stereocenters. The fraction of sp³-hybridized carbons (Fsp3) is 0.417. The van der Waals surface area contributed by atoms with E-state index in [4.69, 9.17) is 0 Å². The molecule has 0 N–H and O–H groups in total. The maximum atomic E-state index is 13.3. The Balaban J connectivity index is 1.58. The molecule has 1 aliphatic rings. The second-order valence-corrected chi connectivity index (χ2v) is 11.3. The average molecular weight is 401 g/mol. The molecule has 0 nitrogen and oxygen atoms in total. The molecule has 0 saturated carbocycles. The van der Waals surface area contributed by atoms with Crippen molar-refractivity contribution >= 4 is 8.80 Å². The van der Waals surface area contributed by atoms with Gasteiger partial charge in [0.05, 0.1) is 0 Å². The van der Waals surface area contributed by atoms with Crippen molar-refractivity contribution in [2.24, 2.45) is 0 Å². The molecule has 0 spiro atoms. The van der Waals surface area contributed by atoms with E-state index in [2.05, 4.69) is 30.9 Å². The van der Waals surface area contributed by atoms with Crippen molar-refractivity contribution in [1.29, 1.82) is 0 Å². The number of rotatable bonds is 5. The molecule has 0 aromatic heterocycles. The zero-order valence-electron chi connectivity index (χ0n) is 16.4. The summed E-state index contributed by atoms with van der Waals surface area (Å²) in [4.78, 5) is 0. The smallest absolute Gasteiger partial charge is 0.194 e. The third kappa shape index (κ3) is 5.51. The van der Waals surface area contributed by atoms with E-state index in [1.165, 1.54) is 55.8 Å². The molecule has 28 heavy (non-hydrogen) atoms. The van der Waals surface area contributed by atoms with Crippen LogP contribution in [0.15, 0.2) is 36.4 Å². The molecular weight excluding hydrogens is 373 g/mol. The molecule has 0 bridgehead atoms. The molecule has 0 atom stereocenters. The van der Waals surface area contributed by atoms with Crippen LogP contribution in [-0.4, -0.2) is 8.80 Å². The molecule has 148 valence electrons. The lowest BCUT2D eigenvalue weighted by Gasteiger charge is -2.28. The lowest BCUT2D eigenvalue weighted by Crippen LogP contribution is -2.20. The minimum Gasteiger partial charge on any atom is -0.204 e. The molecule has 1 heterocycles. The number of hydrogen-bond acceptors (Lipinski definition) is 0. The Labute approximate surface area is 167 Å². The van der Waals surface area contributed by atoms with E-state index in [-0.39, 0.29) is 5.56 Å². The largest absolute Gasteiger partial charge is 0.204 e. The zero-order valence-corrected chi connectivity index (χ0v) is 17.6. The molecule has 2 aromatic rings. The lowest BCUT2D eigenvalue weighted by molar-refractivity contribution is 0.446. The number of halogens is 3. The van der Waals surface area contributed by atoms with Gasteiger partial charge in [0.1, 0.15) is 0 Å². The summed E-state index contributed by atoms with van der Waals surface area (Å²) in [5.74, 6) is 2.37. The molecule has 0 aliphatic carbocycles. The monoisotopic (exact) mass is 400 g/mol. The predicted octanol–water partition coefficient (Wildman–Crippen LogP) is 6.80. The van der Waals surface area contributed by atoms with Gasteiger partial charge in [0.2, 0.25) is 0 Å². The van der Waals surface area contributed by atoms with Gasteiger partial charge < -0.3 is 0 Å². The maximum Gasteiger partial charge on any atom is 0.194 e. The van der Waals surface area contributed by atoms with Gasteiger partial charge in [-0.15, -0.1) is 0 Å². The van der Waals surface area contributed by atoms with Crippen LogP contribution in [0.4, 0.5) is 13.2 Å². The molecule has 2 aromatic carbocycles. The van der Waals surface area contributed by atoms with Crippen LogP contribution in [0.25, 0.3) is 0 Å². The van der Waals surface area contributed by atoms with E-state index in [0.29, 0.717) is 5.92 Å². The highest BCUT2D eigenvalue weighted by atomic mass is 28.3. The summed E-state index contributed by atoms with van der Waals surface area (Å²) in [6.07, 6.45) is 6.73. The van der Waals surface area contributed by atoms with Crippen molar-refractivity contribution in [3.05, 3.63) is 70.5 Å². The molecular formula is C24H27F3Si. The normalized spacial score (nSPS) is 19.1. The van der Waals surface area contributed by atoms with Gasteiger partial charge in [-0.3, -0.25) is 0 Å². The quantitative estimate of drug-likeness (QED) is 0.224. The first-order valence-corrected chi connectivity index (χ1v) is 12.8. The summed E-state index contributed by atoms with van der Waals surface area (Å²) in [7, 11) is -0.498. The van der Waals surface area contributed by atoms with E-state index >= 15 is 0 Å². The van der Waals surface area contributed by atoms with E-state index in [1.54, 1.807) is 0 Å². The summed E-state index contributed by atoms with van der Waals surface area (Å²) < 4.78 is 39.5. The molecule has 0 amide bonds. The van der Waals surface area contributed by atoms with Gasteiger partial charge >= 0.3 is 0 Å². The molecule has 1 fully saturated rings. The van der Waals surface area contributed by atoms with Gasteiger partial charge in [-0.25, -0.2) is 13.2 Å². The Morgan fingerprint density at radius 1 is 0.893 bits per heavy atom. The Kier molecular flexibility index (Phi) is 7.39. The first-order chi connectivity index (χ1) is 13.6. The summed E-state index contributed by atoms with van der Waals surface area (Å²) in [5.41, 5.74) is 2.29. The highest BCUT2D eigenvalue weighted by molar-refractivity contribution is 6.59. The van der Waals surface area contributed by atoms with Crippen molar-refractivity contribution in [3.8, 4) is 11.8 Å². The highest BCUT2D eigenvalue weighted by Crippen LogP contribution is 2.35. The van der Waals surface area contributed by atoms with Gasteiger partial charge in [-0.05, 0) is 48.6 Å². The Morgan fingerprint density at radius 3 is 2.11 bits per heavy atom. The molecule has 1 aliphatic heterocycles. The Hall–Kier alpha value is -1.99. The van der Waals surface area contributed by atoms with E-state index in [0.717, 1.165) is 17.7 Å². The minimum absolute atomic E-state index is 0.131. The predicted molar refractivity (Wildman–Crippen MR) is 112 cm³/mol. The van der Waals surface area contributed by atoms with Crippen LogP contribution in [0.3, 0.4) is 0 Å². The number of unbranched alkanes of at least 4 members (excludes halogenated alkanes) is 2. The number of hydrogen-bond donors (Lipinski definition) is 0. The van der Waals surface area contributed by atoms with Crippen LogP contribution in [-0.2, 0) is 0 Å². The zero-order chi connectivity index (χ0) is 19.9. The third-order valence-corrected chi connectivity index (χ3v) is 9.30. The van der Waals surface area contributed by atoms with Gasteiger partial charge in [0.25, 0.3) is 0 Å². The second-order valence-electron chi connectivity index (χ2n) is 7.84. The number of benzene rings is 2. The van der Waals surface area contributed by atoms with Crippen molar-refractivity contribution < 1.29 is 13.2 Å². The van der Waals surface area contributed by atoms with Gasteiger partial charge in [0, 0.05) is 19.9 Å². The summed E-state index contributed by atoms with van der Waals surface area (Å²) in [5, 5.41) is 0. The first-order valence-electron chi connectivity index (χ1n) is 10.3. The van der Waals surface area contributed by atoms with Gasteiger partial charge in [0.15, 0.2) is 17.5 Å². The standard InChI is InChI=1S/C24H27F3Si/c1-2-3-4-13-28-14-11-21(12-15-28)20-9-7-18(8-10-20)5-6-19-16-22(25)24(27)23(26)17-19/h7-10,16-17,21,28H,2-4,11-15H2,1H3/t21-,28-. The van der Waals surface area contributed by atoms with Crippen LogP contribution in [0.2, 0.25) is 18.1 Å². The summed E-state index contributed by atoms with van der Waals surface area (Å²) in [6.45, 7) is 2.27. The van der Waals surface area contributed by atoms with E-state index in [9.17, 15) is 13.2 Å².